The molecule has 0 aliphatic heterocycles. The van der Waals surface area contributed by atoms with Crippen molar-refractivity contribution in [1.29, 1.82) is 0 Å². The minimum absolute atomic E-state index is 0.381. The van der Waals surface area contributed by atoms with E-state index in [0.717, 1.165) is 22.4 Å². The minimum atomic E-state index is -0.469. The van der Waals surface area contributed by atoms with Gasteiger partial charge in [-0.1, -0.05) is 13.8 Å². The Kier molecular flexibility index (Phi) is 4.97. The fourth-order valence-corrected chi connectivity index (χ4v) is 2.01. The van der Waals surface area contributed by atoms with Crippen molar-refractivity contribution in [3.05, 3.63) is 28.8 Å². The highest BCUT2D eigenvalue weighted by Gasteiger charge is 2.15. The van der Waals surface area contributed by atoms with Gasteiger partial charge in [0.05, 0.1) is 13.2 Å². The van der Waals surface area contributed by atoms with Crippen LogP contribution >= 0.6 is 0 Å². The van der Waals surface area contributed by atoms with Crippen LogP contribution in [0.2, 0.25) is 0 Å². The lowest BCUT2D eigenvalue weighted by Gasteiger charge is -2.19. The molecule has 0 aromatic heterocycles. The smallest absolute Gasteiger partial charge is 0.122 e. The van der Waals surface area contributed by atoms with E-state index in [1.165, 1.54) is 0 Å². The molecule has 2 N–H and O–H groups in total. The van der Waals surface area contributed by atoms with Gasteiger partial charge in [0.1, 0.15) is 5.75 Å². The van der Waals surface area contributed by atoms with Gasteiger partial charge in [-0.05, 0) is 48.7 Å². The Hall–Kier alpha value is -1.06. The maximum absolute atomic E-state index is 10.1. The van der Waals surface area contributed by atoms with Crippen LogP contribution in [0.25, 0.3) is 0 Å². The molecular weight excluding hydrogens is 214 g/mol. The standard InChI is InChI=1S/C14H23NO2/c1-9(2)11-7-12(13(16)8-15-4)10(3)6-14(11)17-5/h6-7,9,13,15-16H,8H2,1-5H3. The summed E-state index contributed by atoms with van der Waals surface area (Å²) in [7, 11) is 3.52. The third-order valence-electron chi connectivity index (χ3n) is 3.00. The zero-order chi connectivity index (χ0) is 13.0. The summed E-state index contributed by atoms with van der Waals surface area (Å²) in [5, 5.41) is 13.1. The van der Waals surface area contributed by atoms with Crippen LogP contribution in [0, 0.1) is 6.92 Å². The van der Waals surface area contributed by atoms with Crippen molar-refractivity contribution in [1.82, 2.24) is 5.32 Å². The van der Waals surface area contributed by atoms with E-state index in [9.17, 15) is 5.11 Å². The van der Waals surface area contributed by atoms with Crippen molar-refractivity contribution in [3.8, 4) is 5.75 Å². The second-order valence-electron chi connectivity index (χ2n) is 4.68. The summed E-state index contributed by atoms with van der Waals surface area (Å²) in [4.78, 5) is 0. The Morgan fingerprint density at radius 3 is 2.41 bits per heavy atom. The summed E-state index contributed by atoms with van der Waals surface area (Å²) in [5.41, 5.74) is 3.18. The number of benzene rings is 1. The number of rotatable bonds is 5. The number of ether oxygens (including phenoxy) is 1. The van der Waals surface area contributed by atoms with Crippen LogP contribution in [0.1, 0.15) is 42.6 Å². The lowest BCUT2D eigenvalue weighted by molar-refractivity contribution is 0.177. The quantitative estimate of drug-likeness (QED) is 0.826. The fourth-order valence-electron chi connectivity index (χ4n) is 2.01. The molecule has 1 unspecified atom stereocenters. The molecule has 1 atom stereocenters. The van der Waals surface area contributed by atoms with E-state index in [0.29, 0.717) is 12.5 Å². The molecule has 3 nitrogen and oxygen atoms in total. The van der Waals surface area contributed by atoms with E-state index in [-0.39, 0.29) is 0 Å². The molecule has 0 amide bonds. The normalized spacial score (nSPS) is 12.9. The molecule has 0 aliphatic rings. The molecule has 0 radical (unpaired) electrons. The predicted molar refractivity (Wildman–Crippen MR) is 70.7 cm³/mol. The molecule has 0 fully saturated rings. The number of aryl methyl sites for hydroxylation is 1. The van der Waals surface area contributed by atoms with Crippen LogP contribution in [0.3, 0.4) is 0 Å². The molecule has 0 heterocycles. The van der Waals surface area contributed by atoms with Crippen molar-refractivity contribution in [3.63, 3.8) is 0 Å². The van der Waals surface area contributed by atoms with E-state index in [2.05, 4.69) is 25.2 Å². The minimum Gasteiger partial charge on any atom is -0.496 e. The van der Waals surface area contributed by atoms with E-state index in [1.54, 1.807) is 7.11 Å². The highest BCUT2D eigenvalue weighted by atomic mass is 16.5. The van der Waals surface area contributed by atoms with Crippen LogP contribution in [0.4, 0.5) is 0 Å². The number of hydrogen-bond acceptors (Lipinski definition) is 3. The van der Waals surface area contributed by atoms with E-state index < -0.39 is 6.10 Å². The number of hydrogen-bond donors (Lipinski definition) is 2. The second-order valence-corrected chi connectivity index (χ2v) is 4.68. The summed E-state index contributed by atoms with van der Waals surface area (Å²) < 4.78 is 5.38. The first kappa shape index (κ1) is 14.0. The van der Waals surface area contributed by atoms with Gasteiger partial charge in [0.15, 0.2) is 0 Å². The molecule has 0 aliphatic carbocycles. The van der Waals surface area contributed by atoms with Gasteiger partial charge in [0.25, 0.3) is 0 Å². The van der Waals surface area contributed by atoms with E-state index in [1.807, 2.05) is 20.0 Å². The Morgan fingerprint density at radius 2 is 1.94 bits per heavy atom. The fraction of sp³-hybridized carbons (Fsp3) is 0.571. The average Bonchev–Trinajstić information content (AvgIpc) is 2.28. The molecule has 1 rings (SSSR count). The van der Waals surface area contributed by atoms with Crippen LogP contribution in [-0.4, -0.2) is 25.8 Å². The highest BCUT2D eigenvalue weighted by Crippen LogP contribution is 2.31. The number of aliphatic hydroxyl groups is 1. The molecule has 1 aromatic carbocycles. The maximum atomic E-state index is 10.1. The lowest BCUT2D eigenvalue weighted by Crippen LogP contribution is -2.18. The zero-order valence-electron chi connectivity index (χ0n) is 11.4. The van der Waals surface area contributed by atoms with Gasteiger partial charge in [0, 0.05) is 6.54 Å². The first-order chi connectivity index (χ1) is 8.01. The monoisotopic (exact) mass is 237 g/mol. The van der Waals surface area contributed by atoms with Crippen molar-refractivity contribution in [2.24, 2.45) is 0 Å². The summed E-state index contributed by atoms with van der Waals surface area (Å²) in [6, 6.07) is 4.06. The molecule has 1 aromatic rings. The molecule has 0 saturated heterocycles. The third kappa shape index (κ3) is 3.20. The van der Waals surface area contributed by atoms with Gasteiger partial charge in [0.2, 0.25) is 0 Å². The van der Waals surface area contributed by atoms with Crippen LogP contribution in [0.5, 0.6) is 5.75 Å². The van der Waals surface area contributed by atoms with Gasteiger partial charge < -0.3 is 15.2 Å². The Morgan fingerprint density at radius 1 is 1.29 bits per heavy atom. The largest absolute Gasteiger partial charge is 0.496 e. The molecule has 3 heteroatoms. The Bertz CT molecular complexity index is 375. The molecule has 96 valence electrons. The molecule has 17 heavy (non-hydrogen) atoms. The number of methoxy groups -OCH3 is 1. The topological polar surface area (TPSA) is 41.5 Å². The number of aliphatic hydroxyl groups excluding tert-OH is 1. The van der Waals surface area contributed by atoms with Crippen LogP contribution in [-0.2, 0) is 0 Å². The lowest BCUT2D eigenvalue weighted by atomic mass is 9.94. The summed E-state index contributed by atoms with van der Waals surface area (Å²) in [6.45, 7) is 6.81. The zero-order valence-corrected chi connectivity index (χ0v) is 11.4. The van der Waals surface area contributed by atoms with Crippen LogP contribution < -0.4 is 10.1 Å². The summed E-state index contributed by atoms with van der Waals surface area (Å²) in [6.07, 6.45) is -0.469. The SMILES string of the molecule is CNCC(O)c1cc(C(C)C)c(OC)cc1C. The van der Waals surface area contributed by atoms with Crippen LogP contribution in [0.15, 0.2) is 12.1 Å². The summed E-state index contributed by atoms with van der Waals surface area (Å²) in [5.74, 6) is 1.28. The Labute approximate surface area is 104 Å². The van der Waals surface area contributed by atoms with Crippen molar-refractivity contribution < 1.29 is 9.84 Å². The second kappa shape index (κ2) is 6.03. The first-order valence-corrected chi connectivity index (χ1v) is 6.02. The number of likely N-dealkylation sites (N-methyl/N-ethyl adjacent to an activating group) is 1. The average molecular weight is 237 g/mol. The predicted octanol–water partition coefficient (Wildman–Crippen LogP) is 2.38. The van der Waals surface area contributed by atoms with Crippen molar-refractivity contribution in [2.45, 2.75) is 32.8 Å². The van der Waals surface area contributed by atoms with Gasteiger partial charge in [-0.15, -0.1) is 0 Å². The Balaban J connectivity index is 3.19. The number of nitrogens with one attached hydrogen (secondary N) is 1. The first-order valence-electron chi connectivity index (χ1n) is 6.02. The third-order valence-corrected chi connectivity index (χ3v) is 3.00. The molecule has 0 saturated carbocycles. The van der Waals surface area contributed by atoms with Crippen molar-refractivity contribution >= 4 is 0 Å². The van der Waals surface area contributed by atoms with Gasteiger partial charge in [-0.25, -0.2) is 0 Å². The van der Waals surface area contributed by atoms with E-state index in [4.69, 9.17) is 4.74 Å². The van der Waals surface area contributed by atoms with Gasteiger partial charge in [-0.2, -0.15) is 0 Å². The molecule has 0 bridgehead atoms. The highest BCUT2D eigenvalue weighted by molar-refractivity contribution is 5.44. The maximum Gasteiger partial charge on any atom is 0.122 e. The van der Waals surface area contributed by atoms with Crippen molar-refractivity contribution in [2.75, 3.05) is 20.7 Å². The van der Waals surface area contributed by atoms with Gasteiger partial charge >= 0.3 is 0 Å². The summed E-state index contributed by atoms with van der Waals surface area (Å²) >= 11 is 0. The van der Waals surface area contributed by atoms with Gasteiger partial charge in [-0.3, -0.25) is 0 Å². The molecule has 0 spiro atoms. The molecular formula is C14H23NO2. The van der Waals surface area contributed by atoms with E-state index >= 15 is 0 Å².